The summed E-state index contributed by atoms with van der Waals surface area (Å²) in [5.41, 5.74) is 0.869. The molecule has 0 fully saturated rings. The number of carbonyl (C=O) groups excluding carboxylic acids is 1. The van der Waals surface area contributed by atoms with E-state index in [9.17, 15) is 4.79 Å². The Morgan fingerprint density at radius 3 is 2.36 bits per heavy atom. The van der Waals surface area contributed by atoms with Crippen LogP contribution in [0.3, 0.4) is 0 Å². The van der Waals surface area contributed by atoms with Gasteiger partial charge in [-0.1, -0.05) is 32.0 Å². The van der Waals surface area contributed by atoms with Gasteiger partial charge in [-0.2, -0.15) is 0 Å². The van der Waals surface area contributed by atoms with Crippen LogP contribution in [0.1, 0.15) is 20.3 Å². The number of amides is 1. The van der Waals surface area contributed by atoms with Crippen molar-refractivity contribution < 1.29 is 4.79 Å². The molecule has 0 spiro atoms. The number of hydrogen-bond donors (Lipinski definition) is 1. The maximum Gasteiger partial charge on any atom is 0.224 e. The Morgan fingerprint density at radius 1 is 1.29 bits per heavy atom. The summed E-state index contributed by atoms with van der Waals surface area (Å²) >= 11 is 0. The van der Waals surface area contributed by atoms with Gasteiger partial charge in [0, 0.05) is 12.1 Å². The van der Waals surface area contributed by atoms with Crippen molar-refractivity contribution in [1.29, 1.82) is 0 Å². The molecule has 0 atom stereocenters. The Labute approximate surface area is 91.1 Å². The fraction of sp³-hybridized carbons (Fsp3) is 0.364. The molecule has 1 amide bonds. The zero-order valence-electron chi connectivity index (χ0n) is 8.49. The first kappa shape index (κ1) is 13.0. The van der Waals surface area contributed by atoms with Gasteiger partial charge in [0.15, 0.2) is 0 Å². The van der Waals surface area contributed by atoms with E-state index >= 15 is 0 Å². The van der Waals surface area contributed by atoms with Crippen molar-refractivity contribution in [3.63, 3.8) is 0 Å². The van der Waals surface area contributed by atoms with Crippen LogP contribution in [0.4, 0.5) is 5.69 Å². The van der Waals surface area contributed by atoms with Crippen LogP contribution in [-0.2, 0) is 4.79 Å². The summed E-state index contributed by atoms with van der Waals surface area (Å²) in [4.78, 5) is 11.3. The second kappa shape index (κ2) is 6.44. The number of hydrogen-bond acceptors (Lipinski definition) is 1. The van der Waals surface area contributed by atoms with Crippen LogP contribution in [0.5, 0.6) is 0 Å². The monoisotopic (exact) mass is 213 g/mol. The lowest BCUT2D eigenvalue weighted by atomic mass is 10.1. The molecule has 1 rings (SSSR count). The number of benzene rings is 1. The molecule has 0 aliphatic carbocycles. The zero-order valence-corrected chi connectivity index (χ0v) is 9.30. The Hall–Kier alpha value is -1.02. The van der Waals surface area contributed by atoms with Gasteiger partial charge in [-0.3, -0.25) is 4.79 Å². The normalized spacial score (nSPS) is 9.36. The van der Waals surface area contributed by atoms with E-state index in [-0.39, 0.29) is 18.3 Å². The Bertz CT molecular complexity index is 272. The average molecular weight is 214 g/mol. The van der Waals surface area contributed by atoms with Crippen molar-refractivity contribution in [2.45, 2.75) is 20.3 Å². The van der Waals surface area contributed by atoms with Crippen LogP contribution in [0.2, 0.25) is 0 Å². The van der Waals surface area contributed by atoms with Crippen molar-refractivity contribution in [2.75, 3.05) is 5.32 Å². The molecular weight excluding hydrogens is 198 g/mol. The van der Waals surface area contributed by atoms with Gasteiger partial charge in [0.1, 0.15) is 0 Å². The molecule has 78 valence electrons. The summed E-state index contributed by atoms with van der Waals surface area (Å²) in [5.74, 6) is 0.491. The third-order valence-electron chi connectivity index (χ3n) is 1.65. The van der Waals surface area contributed by atoms with Gasteiger partial charge < -0.3 is 5.32 Å². The number of halogens is 1. The van der Waals surface area contributed by atoms with Crippen molar-refractivity contribution >= 4 is 24.0 Å². The highest BCUT2D eigenvalue weighted by atomic mass is 35.5. The summed E-state index contributed by atoms with van der Waals surface area (Å²) in [6.45, 7) is 4.06. The number of nitrogens with one attached hydrogen (secondary N) is 1. The molecule has 0 bridgehead atoms. The number of carbonyl (C=O) groups is 1. The van der Waals surface area contributed by atoms with Crippen LogP contribution >= 0.6 is 12.4 Å². The van der Waals surface area contributed by atoms with E-state index in [4.69, 9.17) is 0 Å². The lowest BCUT2D eigenvalue weighted by Gasteiger charge is -2.06. The van der Waals surface area contributed by atoms with E-state index in [0.29, 0.717) is 12.3 Å². The molecule has 1 N–H and O–H groups in total. The van der Waals surface area contributed by atoms with Crippen molar-refractivity contribution in [3.8, 4) is 0 Å². The fourth-order valence-electron chi connectivity index (χ4n) is 1.10. The highest BCUT2D eigenvalue weighted by Gasteiger charge is 2.03. The second-order valence-corrected chi connectivity index (χ2v) is 3.51. The van der Waals surface area contributed by atoms with E-state index < -0.39 is 0 Å². The molecule has 0 aliphatic heterocycles. The van der Waals surface area contributed by atoms with Crippen LogP contribution in [0, 0.1) is 5.92 Å². The zero-order chi connectivity index (χ0) is 9.68. The van der Waals surface area contributed by atoms with Crippen molar-refractivity contribution in [1.82, 2.24) is 0 Å². The molecule has 0 saturated carbocycles. The second-order valence-electron chi connectivity index (χ2n) is 3.51. The van der Waals surface area contributed by atoms with E-state index in [1.54, 1.807) is 0 Å². The molecule has 0 aliphatic rings. The van der Waals surface area contributed by atoms with Gasteiger partial charge in [-0.25, -0.2) is 0 Å². The highest BCUT2D eigenvalue weighted by molar-refractivity contribution is 5.90. The first-order valence-corrected chi connectivity index (χ1v) is 4.53. The van der Waals surface area contributed by atoms with Crippen LogP contribution < -0.4 is 5.32 Å². The molecule has 0 unspecified atom stereocenters. The number of rotatable bonds is 3. The third-order valence-corrected chi connectivity index (χ3v) is 1.65. The van der Waals surface area contributed by atoms with Crippen molar-refractivity contribution in [2.24, 2.45) is 5.92 Å². The largest absolute Gasteiger partial charge is 0.326 e. The quantitative estimate of drug-likeness (QED) is 0.822. The van der Waals surface area contributed by atoms with Crippen LogP contribution in [-0.4, -0.2) is 5.91 Å². The minimum atomic E-state index is 0. The maximum atomic E-state index is 11.3. The van der Waals surface area contributed by atoms with Gasteiger partial charge >= 0.3 is 0 Å². The van der Waals surface area contributed by atoms with Gasteiger partial charge in [0.25, 0.3) is 0 Å². The van der Waals surface area contributed by atoms with Gasteiger partial charge in [-0.15, -0.1) is 12.4 Å². The van der Waals surface area contributed by atoms with Gasteiger partial charge in [-0.05, 0) is 18.1 Å². The van der Waals surface area contributed by atoms with Gasteiger partial charge in [0.05, 0.1) is 0 Å². The summed E-state index contributed by atoms with van der Waals surface area (Å²) in [6.07, 6.45) is 0.578. The van der Waals surface area contributed by atoms with E-state index in [1.165, 1.54) is 0 Å². The van der Waals surface area contributed by atoms with Crippen LogP contribution in [0.15, 0.2) is 30.3 Å². The Balaban J connectivity index is 0.00000169. The lowest BCUT2D eigenvalue weighted by molar-refractivity contribution is -0.116. The van der Waals surface area contributed by atoms with E-state index in [2.05, 4.69) is 5.32 Å². The summed E-state index contributed by atoms with van der Waals surface area (Å²) in [7, 11) is 0. The predicted molar refractivity (Wildman–Crippen MR) is 61.8 cm³/mol. The van der Waals surface area contributed by atoms with Gasteiger partial charge in [0.2, 0.25) is 5.91 Å². The molecule has 0 saturated heterocycles. The third kappa shape index (κ3) is 4.87. The highest BCUT2D eigenvalue weighted by Crippen LogP contribution is 2.07. The molecule has 2 nitrogen and oxygen atoms in total. The average Bonchev–Trinajstić information content (AvgIpc) is 2.04. The topological polar surface area (TPSA) is 29.1 Å². The number of anilines is 1. The molecule has 14 heavy (non-hydrogen) atoms. The maximum absolute atomic E-state index is 11.3. The van der Waals surface area contributed by atoms with Crippen LogP contribution in [0.25, 0.3) is 0 Å². The number of para-hydroxylation sites is 1. The molecule has 1 aromatic carbocycles. The molecular formula is C11H16ClNO. The predicted octanol–water partition coefficient (Wildman–Crippen LogP) is 3.09. The minimum absolute atomic E-state index is 0. The summed E-state index contributed by atoms with van der Waals surface area (Å²) in [6, 6.07) is 9.52. The Morgan fingerprint density at radius 2 is 1.86 bits per heavy atom. The minimum Gasteiger partial charge on any atom is -0.326 e. The molecule has 0 aromatic heterocycles. The first-order chi connectivity index (χ1) is 6.18. The molecule has 1 aromatic rings. The van der Waals surface area contributed by atoms with E-state index in [1.807, 2.05) is 44.2 Å². The smallest absolute Gasteiger partial charge is 0.224 e. The summed E-state index contributed by atoms with van der Waals surface area (Å²) in [5, 5.41) is 2.83. The lowest BCUT2D eigenvalue weighted by Crippen LogP contribution is -2.13. The van der Waals surface area contributed by atoms with Crippen molar-refractivity contribution in [3.05, 3.63) is 30.3 Å². The van der Waals surface area contributed by atoms with E-state index in [0.717, 1.165) is 5.69 Å². The standard InChI is InChI=1S/C11H15NO.ClH/c1-9(2)8-11(13)12-10-6-4-3-5-7-10;/h3-7,9H,8H2,1-2H3,(H,12,13);1H. The first-order valence-electron chi connectivity index (χ1n) is 4.53. The molecule has 3 heteroatoms. The molecule has 0 radical (unpaired) electrons. The SMILES string of the molecule is CC(C)CC(=O)Nc1ccccc1.Cl. The molecule has 0 heterocycles. The Kier molecular flexibility index (Phi) is 5.97. The summed E-state index contributed by atoms with van der Waals surface area (Å²) < 4.78 is 0. The fourth-order valence-corrected chi connectivity index (χ4v) is 1.10.